The van der Waals surface area contributed by atoms with E-state index in [4.69, 9.17) is 4.74 Å². The van der Waals surface area contributed by atoms with Crippen LogP contribution in [-0.2, 0) is 0 Å². The monoisotopic (exact) mass is 220 g/mol. The van der Waals surface area contributed by atoms with Gasteiger partial charge in [0.05, 0.1) is 6.10 Å². The molecule has 0 radical (unpaired) electrons. The predicted octanol–water partition coefficient (Wildman–Crippen LogP) is 3.10. The minimum atomic E-state index is -0.152. The van der Waals surface area contributed by atoms with Crippen molar-refractivity contribution < 1.29 is 9.84 Å². The first-order valence-corrected chi connectivity index (χ1v) is 6.14. The van der Waals surface area contributed by atoms with E-state index in [9.17, 15) is 5.11 Å². The molecule has 0 aliphatic heterocycles. The molecule has 1 N–H and O–H groups in total. The Labute approximate surface area is 97.3 Å². The Morgan fingerprint density at radius 2 is 2.06 bits per heavy atom. The molecule has 1 aliphatic carbocycles. The Balaban J connectivity index is 2.07. The molecule has 1 aliphatic rings. The number of hydrogen-bond acceptors (Lipinski definition) is 2. The van der Waals surface area contributed by atoms with E-state index in [1.54, 1.807) is 0 Å². The Hall–Kier alpha value is -1.02. The number of aliphatic hydroxyl groups excluding tert-OH is 1. The van der Waals surface area contributed by atoms with Gasteiger partial charge in [0, 0.05) is 12.8 Å². The average Bonchev–Trinajstić information content (AvgIpc) is 2.27. The summed E-state index contributed by atoms with van der Waals surface area (Å²) in [4.78, 5) is 0. The maximum absolute atomic E-state index is 9.24. The molecule has 1 unspecified atom stereocenters. The summed E-state index contributed by atoms with van der Waals surface area (Å²) in [5.74, 6) is 1.52. The van der Waals surface area contributed by atoms with E-state index in [-0.39, 0.29) is 12.2 Å². The summed E-state index contributed by atoms with van der Waals surface area (Å²) in [5, 5.41) is 9.24. The van der Waals surface area contributed by atoms with Gasteiger partial charge in [-0.2, -0.15) is 0 Å². The number of aliphatic hydroxyl groups is 1. The average molecular weight is 220 g/mol. The van der Waals surface area contributed by atoms with Crippen LogP contribution in [0.3, 0.4) is 0 Å². The van der Waals surface area contributed by atoms with Crippen LogP contribution in [0.5, 0.6) is 5.75 Å². The smallest absolute Gasteiger partial charge is 0.123 e. The highest BCUT2D eigenvalue weighted by Gasteiger charge is 2.29. The van der Waals surface area contributed by atoms with E-state index in [0.717, 1.165) is 25.0 Å². The summed E-state index contributed by atoms with van der Waals surface area (Å²) in [6, 6.07) is 8.24. The summed E-state index contributed by atoms with van der Waals surface area (Å²) in [5.41, 5.74) is 1.28. The molecule has 1 aromatic rings. The van der Waals surface area contributed by atoms with Crippen LogP contribution in [0.2, 0.25) is 0 Å². The van der Waals surface area contributed by atoms with E-state index in [2.05, 4.69) is 26.0 Å². The predicted molar refractivity (Wildman–Crippen MR) is 64.8 cm³/mol. The lowest BCUT2D eigenvalue weighted by molar-refractivity contribution is -0.0113. The second-order valence-electron chi connectivity index (χ2n) is 4.71. The summed E-state index contributed by atoms with van der Waals surface area (Å²) < 4.78 is 5.91. The van der Waals surface area contributed by atoms with Crippen LogP contribution in [-0.4, -0.2) is 17.3 Å². The van der Waals surface area contributed by atoms with Gasteiger partial charge in [-0.05, 0) is 24.0 Å². The van der Waals surface area contributed by atoms with Gasteiger partial charge in [-0.25, -0.2) is 0 Å². The molecule has 0 bridgehead atoms. The van der Waals surface area contributed by atoms with Gasteiger partial charge in [-0.15, -0.1) is 0 Å². The SMILES string of the molecule is CCC(C)c1ccccc1OC1CC(O)C1. The molecule has 1 atom stereocenters. The zero-order valence-corrected chi connectivity index (χ0v) is 10.0. The van der Waals surface area contributed by atoms with Gasteiger partial charge in [0.2, 0.25) is 0 Å². The molecule has 0 saturated heterocycles. The van der Waals surface area contributed by atoms with Crippen LogP contribution in [0, 0.1) is 0 Å². The minimum Gasteiger partial charge on any atom is -0.490 e. The third-order valence-electron chi connectivity index (χ3n) is 3.43. The molecule has 16 heavy (non-hydrogen) atoms. The molecule has 88 valence electrons. The normalized spacial score (nSPS) is 25.9. The Morgan fingerprint density at radius 1 is 1.38 bits per heavy atom. The van der Waals surface area contributed by atoms with Gasteiger partial charge in [0.1, 0.15) is 11.9 Å². The van der Waals surface area contributed by atoms with Gasteiger partial charge in [0.25, 0.3) is 0 Å². The van der Waals surface area contributed by atoms with Crippen LogP contribution in [0.25, 0.3) is 0 Å². The summed E-state index contributed by atoms with van der Waals surface area (Å²) in [6.07, 6.45) is 2.72. The lowest BCUT2D eigenvalue weighted by atomic mass is 9.91. The van der Waals surface area contributed by atoms with E-state index in [0.29, 0.717) is 5.92 Å². The Bertz CT molecular complexity index is 342. The van der Waals surface area contributed by atoms with Gasteiger partial charge < -0.3 is 9.84 Å². The van der Waals surface area contributed by atoms with Crippen LogP contribution in [0.4, 0.5) is 0 Å². The van der Waals surface area contributed by atoms with E-state index in [1.165, 1.54) is 5.56 Å². The number of para-hydroxylation sites is 1. The van der Waals surface area contributed by atoms with Crippen molar-refractivity contribution in [2.24, 2.45) is 0 Å². The Kier molecular flexibility index (Phi) is 3.49. The third kappa shape index (κ3) is 2.38. The molecule has 0 amide bonds. The highest BCUT2D eigenvalue weighted by atomic mass is 16.5. The molecule has 1 fully saturated rings. The molecule has 2 nitrogen and oxygen atoms in total. The fraction of sp³-hybridized carbons (Fsp3) is 0.571. The molecule has 1 aromatic carbocycles. The highest BCUT2D eigenvalue weighted by Crippen LogP contribution is 2.32. The zero-order valence-electron chi connectivity index (χ0n) is 10.0. The molecular formula is C14H20O2. The van der Waals surface area contributed by atoms with Crippen LogP contribution >= 0.6 is 0 Å². The topological polar surface area (TPSA) is 29.5 Å². The van der Waals surface area contributed by atoms with E-state index in [1.807, 2.05) is 12.1 Å². The summed E-state index contributed by atoms with van der Waals surface area (Å²) in [7, 11) is 0. The second kappa shape index (κ2) is 4.88. The molecule has 0 aromatic heterocycles. The van der Waals surface area contributed by atoms with Crippen molar-refractivity contribution in [3.63, 3.8) is 0 Å². The van der Waals surface area contributed by atoms with Gasteiger partial charge >= 0.3 is 0 Å². The minimum absolute atomic E-state index is 0.152. The van der Waals surface area contributed by atoms with Crippen molar-refractivity contribution in [2.75, 3.05) is 0 Å². The molecule has 2 heteroatoms. The van der Waals surface area contributed by atoms with Crippen LogP contribution in [0.15, 0.2) is 24.3 Å². The van der Waals surface area contributed by atoms with Crippen molar-refractivity contribution in [3.8, 4) is 5.75 Å². The van der Waals surface area contributed by atoms with Crippen molar-refractivity contribution in [2.45, 2.75) is 51.2 Å². The van der Waals surface area contributed by atoms with Crippen LogP contribution in [0.1, 0.15) is 44.6 Å². The fourth-order valence-corrected chi connectivity index (χ4v) is 2.03. The highest BCUT2D eigenvalue weighted by molar-refractivity contribution is 5.36. The zero-order chi connectivity index (χ0) is 11.5. The van der Waals surface area contributed by atoms with Gasteiger partial charge in [-0.3, -0.25) is 0 Å². The number of rotatable bonds is 4. The molecule has 0 heterocycles. The lowest BCUT2D eigenvalue weighted by Crippen LogP contribution is -2.37. The largest absolute Gasteiger partial charge is 0.490 e. The van der Waals surface area contributed by atoms with E-state index >= 15 is 0 Å². The first-order valence-electron chi connectivity index (χ1n) is 6.14. The standard InChI is InChI=1S/C14H20O2/c1-3-10(2)13-6-4-5-7-14(13)16-12-8-11(15)9-12/h4-7,10-12,15H,3,8-9H2,1-2H3. The van der Waals surface area contributed by atoms with Crippen molar-refractivity contribution in [1.29, 1.82) is 0 Å². The summed E-state index contributed by atoms with van der Waals surface area (Å²) >= 11 is 0. The first-order chi connectivity index (χ1) is 7.70. The maximum atomic E-state index is 9.24. The third-order valence-corrected chi connectivity index (χ3v) is 3.43. The summed E-state index contributed by atoms with van der Waals surface area (Å²) in [6.45, 7) is 4.41. The van der Waals surface area contributed by atoms with Crippen molar-refractivity contribution in [1.82, 2.24) is 0 Å². The second-order valence-corrected chi connectivity index (χ2v) is 4.71. The van der Waals surface area contributed by atoms with Crippen LogP contribution < -0.4 is 4.74 Å². The molecule has 2 rings (SSSR count). The number of benzene rings is 1. The number of hydrogen-bond donors (Lipinski definition) is 1. The number of ether oxygens (including phenoxy) is 1. The quantitative estimate of drug-likeness (QED) is 0.844. The van der Waals surface area contributed by atoms with E-state index < -0.39 is 0 Å². The molecular weight excluding hydrogens is 200 g/mol. The van der Waals surface area contributed by atoms with Crippen molar-refractivity contribution >= 4 is 0 Å². The molecule has 1 saturated carbocycles. The van der Waals surface area contributed by atoms with Gasteiger partial charge in [-0.1, -0.05) is 32.0 Å². The lowest BCUT2D eigenvalue weighted by Gasteiger charge is -2.32. The van der Waals surface area contributed by atoms with Crippen molar-refractivity contribution in [3.05, 3.63) is 29.8 Å². The maximum Gasteiger partial charge on any atom is 0.123 e. The Morgan fingerprint density at radius 3 is 2.69 bits per heavy atom. The van der Waals surface area contributed by atoms with Gasteiger partial charge in [0.15, 0.2) is 0 Å². The molecule has 0 spiro atoms. The first kappa shape index (κ1) is 11.5. The fourth-order valence-electron chi connectivity index (χ4n) is 2.03.